The van der Waals surface area contributed by atoms with Crippen molar-refractivity contribution in [3.8, 4) is 0 Å². The zero-order valence-corrected chi connectivity index (χ0v) is 14.5. The lowest BCUT2D eigenvalue weighted by molar-refractivity contribution is 0.507. The molecule has 0 saturated heterocycles. The highest BCUT2D eigenvalue weighted by Gasteiger charge is 2.42. The molecular weight excluding hydrogens is 376 g/mol. The van der Waals surface area contributed by atoms with Gasteiger partial charge in [0.15, 0.2) is 0 Å². The van der Waals surface area contributed by atoms with Crippen LogP contribution in [0.1, 0.15) is 23.5 Å². The Hall–Kier alpha value is -0.600. The first-order chi connectivity index (χ1) is 9.78. The van der Waals surface area contributed by atoms with Crippen LogP contribution in [-0.2, 0) is 6.42 Å². The molecule has 1 saturated carbocycles. The zero-order chi connectivity index (χ0) is 13.9. The van der Waals surface area contributed by atoms with E-state index >= 15 is 0 Å². The molecule has 1 aliphatic carbocycles. The fourth-order valence-corrected chi connectivity index (χ4v) is 4.04. The molecule has 0 nitrogen and oxygen atoms in total. The van der Waals surface area contributed by atoms with Crippen LogP contribution in [0.2, 0.25) is 0 Å². The van der Waals surface area contributed by atoms with Crippen LogP contribution < -0.4 is 0 Å². The van der Waals surface area contributed by atoms with Gasteiger partial charge in [-0.2, -0.15) is 0 Å². The van der Waals surface area contributed by atoms with Gasteiger partial charge in [-0.1, -0.05) is 74.3 Å². The SMILES string of the molecule is BrCC(Cc1ccc(Br)cc1)C1CC1c1ccccc1. The Balaban J connectivity index is 1.65. The van der Waals surface area contributed by atoms with Crippen molar-refractivity contribution < 1.29 is 0 Å². The number of hydrogen-bond acceptors (Lipinski definition) is 0. The highest BCUT2D eigenvalue weighted by Crippen LogP contribution is 2.52. The predicted octanol–water partition coefficient (Wildman–Crippen LogP) is 5.81. The van der Waals surface area contributed by atoms with E-state index in [4.69, 9.17) is 0 Å². The first-order valence-corrected chi connectivity index (χ1v) is 9.04. The number of halogens is 2. The van der Waals surface area contributed by atoms with Crippen LogP contribution in [0.15, 0.2) is 59.1 Å². The fourth-order valence-electron chi connectivity index (χ4n) is 3.06. The average Bonchev–Trinajstić information content (AvgIpc) is 3.28. The molecule has 3 rings (SSSR count). The Morgan fingerprint density at radius 1 is 1.00 bits per heavy atom. The van der Waals surface area contributed by atoms with Crippen molar-refractivity contribution in [2.75, 3.05) is 5.33 Å². The molecule has 1 fully saturated rings. The fraction of sp³-hybridized carbons (Fsp3) is 0.333. The first-order valence-electron chi connectivity index (χ1n) is 7.13. The Kier molecular flexibility index (Phi) is 4.62. The van der Waals surface area contributed by atoms with Crippen molar-refractivity contribution in [2.24, 2.45) is 11.8 Å². The summed E-state index contributed by atoms with van der Waals surface area (Å²) in [5, 5.41) is 1.09. The van der Waals surface area contributed by atoms with Gasteiger partial charge in [-0.3, -0.25) is 0 Å². The summed E-state index contributed by atoms with van der Waals surface area (Å²) in [6, 6.07) is 19.7. The summed E-state index contributed by atoms with van der Waals surface area (Å²) >= 11 is 7.22. The molecule has 3 atom stereocenters. The maximum absolute atomic E-state index is 3.72. The van der Waals surface area contributed by atoms with Crippen molar-refractivity contribution in [3.63, 3.8) is 0 Å². The van der Waals surface area contributed by atoms with E-state index in [9.17, 15) is 0 Å². The van der Waals surface area contributed by atoms with Gasteiger partial charge in [-0.25, -0.2) is 0 Å². The number of rotatable bonds is 5. The van der Waals surface area contributed by atoms with Crippen molar-refractivity contribution in [1.82, 2.24) is 0 Å². The lowest BCUT2D eigenvalue weighted by Gasteiger charge is -2.14. The molecule has 0 radical (unpaired) electrons. The van der Waals surface area contributed by atoms with E-state index in [1.165, 1.54) is 24.0 Å². The smallest absolute Gasteiger partial charge is 0.0175 e. The molecule has 0 bridgehead atoms. The van der Waals surface area contributed by atoms with E-state index in [2.05, 4.69) is 86.5 Å². The molecule has 0 heterocycles. The van der Waals surface area contributed by atoms with Crippen LogP contribution in [0, 0.1) is 11.8 Å². The van der Waals surface area contributed by atoms with Crippen LogP contribution in [0.4, 0.5) is 0 Å². The summed E-state index contributed by atoms with van der Waals surface area (Å²) in [5.41, 5.74) is 2.95. The van der Waals surface area contributed by atoms with Crippen molar-refractivity contribution in [1.29, 1.82) is 0 Å². The van der Waals surface area contributed by atoms with Crippen LogP contribution in [-0.4, -0.2) is 5.33 Å². The first kappa shape index (κ1) is 14.3. The largest absolute Gasteiger partial charge is 0.0925 e. The van der Waals surface area contributed by atoms with E-state index < -0.39 is 0 Å². The van der Waals surface area contributed by atoms with Crippen LogP contribution in [0.3, 0.4) is 0 Å². The van der Waals surface area contributed by atoms with Gasteiger partial charge >= 0.3 is 0 Å². The summed E-state index contributed by atoms with van der Waals surface area (Å²) in [6.07, 6.45) is 2.52. The molecule has 0 N–H and O–H groups in total. The second kappa shape index (κ2) is 6.44. The Labute approximate surface area is 137 Å². The van der Waals surface area contributed by atoms with Gasteiger partial charge < -0.3 is 0 Å². The minimum absolute atomic E-state index is 0.737. The monoisotopic (exact) mass is 392 g/mol. The number of alkyl halides is 1. The van der Waals surface area contributed by atoms with E-state index in [0.717, 1.165) is 27.6 Å². The maximum Gasteiger partial charge on any atom is 0.0175 e. The van der Waals surface area contributed by atoms with Gasteiger partial charge in [0.05, 0.1) is 0 Å². The normalized spacial score (nSPS) is 22.5. The lowest BCUT2D eigenvalue weighted by Crippen LogP contribution is -2.10. The molecule has 2 aromatic carbocycles. The molecule has 3 unspecified atom stereocenters. The lowest BCUT2D eigenvalue weighted by atomic mass is 9.94. The van der Waals surface area contributed by atoms with E-state index in [1.807, 2.05) is 0 Å². The minimum Gasteiger partial charge on any atom is -0.0925 e. The molecule has 2 heteroatoms. The minimum atomic E-state index is 0.737. The third-order valence-electron chi connectivity index (χ3n) is 4.28. The number of benzene rings is 2. The third-order valence-corrected chi connectivity index (χ3v) is 5.64. The van der Waals surface area contributed by atoms with Gasteiger partial charge in [0.2, 0.25) is 0 Å². The summed E-state index contributed by atoms with van der Waals surface area (Å²) in [4.78, 5) is 0. The van der Waals surface area contributed by atoms with Gasteiger partial charge in [-0.15, -0.1) is 0 Å². The van der Waals surface area contributed by atoms with Crippen LogP contribution in [0.25, 0.3) is 0 Å². The molecule has 0 aromatic heterocycles. The molecule has 0 spiro atoms. The average molecular weight is 394 g/mol. The second-order valence-electron chi connectivity index (χ2n) is 5.66. The highest BCUT2D eigenvalue weighted by molar-refractivity contribution is 9.10. The maximum atomic E-state index is 3.72. The Morgan fingerprint density at radius 3 is 2.35 bits per heavy atom. The third kappa shape index (κ3) is 3.35. The number of hydrogen-bond donors (Lipinski definition) is 0. The predicted molar refractivity (Wildman–Crippen MR) is 92.4 cm³/mol. The van der Waals surface area contributed by atoms with Crippen LogP contribution in [0.5, 0.6) is 0 Å². The van der Waals surface area contributed by atoms with Crippen molar-refractivity contribution >= 4 is 31.9 Å². The molecule has 104 valence electrons. The van der Waals surface area contributed by atoms with Crippen molar-refractivity contribution in [2.45, 2.75) is 18.8 Å². The second-order valence-corrected chi connectivity index (χ2v) is 7.22. The summed E-state index contributed by atoms with van der Waals surface area (Å²) in [5.74, 6) is 2.34. The van der Waals surface area contributed by atoms with E-state index in [0.29, 0.717) is 0 Å². The molecule has 0 amide bonds. The summed E-state index contributed by atoms with van der Waals surface area (Å²) < 4.78 is 1.16. The van der Waals surface area contributed by atoms with E-state index in [-0.39, 0.29) is 0 Å². The van der Waals surface area contributed by atoms with Gasteiger partial charge in [-0.05, 0) is 53.9 Å². The molecular formula is C18H18Br2. The highest BCUT2D eigenvalue weighted by atomic mass is 79.9. The van der Waals surface area contributed by atoms with Gasteiger partial charge in [0, 0.05) is 9.80 Å². The molecule has 2 aromatic rings. The zero-order valence-electron chi connectivity index (χ0n) is 11.3. The Morgan fingerprint density at radius 2 is 1.70 bits per heavy atom. The van der Waals surface area contributed by atoms with Crippen molar-refractivity contribution in [3.05, 3.63) is 70.2 Å². The summed E-state index contributed by atoms with van der Waals surface area (Å²) in [6.45, 7) is 0. The quantitative estimate of drug-likeness (QED) is 0.562. The standard InChI is InChI=1S/C18H18Br2/c19-12-15(10-13-6-8-16(20)9-7-13)18-11-17(18)14-4-2-1-3-5-14/h1-9,15,17-18H,10-12H2. The van der Waals surface area contributed by atoms with E-state index in [1.54, 1.807) is 0 Å². The molecule has 1 aliphatic rings. The topological polar surface area (TPSA) is 0 Å². The van der Waals surface area contributed by atoms with Crippen LogP contribution >= 0.6 is 31.9 Å². The van der Waals surface area contributed by atoms with Gasteiger partial charge in [0.25, 0.3) is 0 Å². The summed E-state index contributed by atoms with van der Waals surface area (Å²) in [7, 11) is 0. The Bertz CT molecular complexity index is 547. The molecule has 20 heavy (non-hydrogen) atoms. The van der Waals surface area contributed by atoms with Gasteiger partial charge in [0.1, 0.15) is 0 Å². The molecule has 0 aliphatic heterocycles.